The number of rotatable bonds is 11. The van der Waals surface area contributed by atoms with Crippen molar-refractivity contribution in [1.29, 1.82) is 0 Å². The third-order valence-electron chi connectivity index (χ3n) is 6.05. The molecule has 0 heterocycles. The number of halogens is 2. The third kappa shape index (κ3) is 7.28. The van der Waals surface area contributed by atoms with Crippen LogP contribution in [0, 0.1) is 6.92 Å². The Balaban J connectivity index is 2.02. The van der Waals surface area contributed by atoms with Crippen molar-refractivity contribution in [2.45, 2.75) is 44.7 Å². The quantitative estimate of drug-likeness (QED) is 0.330. The molecule has 0 saturated carbocycles. The lowest BCUT2D eigenvalue weighted by atomic mass is 10.1. The van der Waals surface area contributed by atoms with Crippen LogP contribution in [0.25, 0.3) is 0 Å². The number of hydrogen-bond acceptors (Lipinski definition) is 4. The van der Waals surface area contributed by atoms with E-state index in [-0.39, 0.29) is 17.3 Å². The Bertz CT molecular complexity index is 1360. The zero-order valence-electron chi connectivity index (χ0n) is 21.5. The van der Waals surface area contributed by atoms with Crippen LogP contribution in [-0.2, 0) is 26.2 Å². The maximum absolute atomic E-state index is 13.9. The number of hydrogen-bond donors (Lipinski definition) is 1. The number of benzene rings is 3. The van der Waals surface area contributed by atoms with Gasteiger partial charge in [0.15, 0.2) is 0 Å². The lowest BCUT2D eigenvalue weighted by molar-refractivity contribution is -0.139. The van der Waals surface area contributed by atoms with E-state index in [1.165, 1.54) is 29.2 Å². The summed E-state index contributed by atoms with van der Waals surface area (Å²) in [5.74, 6) is -0.850. The van der Waals surface area contributed by atoms with E-state index >= 15 is 0 Å². The lowest BCUT2D eigenvalue weighted by Crippen LogP contribution is -2.51. The van der Waals surface area contributed by atoms with Crippen molar-refractivity contribution in [3.63, 3.8) is 0 Å². The second kappa shape index (κ2) is 13.1. The number of sulfonamides is 1. The van der Waals surface area contributed by atoms with E-state index in [1.54, 1.807) is 62.4 Å². The topological polar surface area (TPSA) is 86.8 Å². The molecule has 0 saturated heterocycles. The van der Waals surface area contributed by atoms with Crippen molar-refractivity contribution in [1.82, 2.24) is 10.2 Å². The Hall–Kier alpha value is -3.07. The molecule has 1 atom stereocenters. The minimum atomic E-state index is -4.15. The van der Waals surface area contributed by atoms with Gasteiger partial charge < -0.3 is 10.2 Å². The zero-order valence-corrected chi connectivity index (χ0v) is 23.9. The maximum atomic E-state index is 13.9. The Morgan fingerprint density at radius 1 is 0.921 bits per heavy atom. The minimum Gasteiger partial charge on any atom is -0.354 e. The van der Waals surface area contributed by atoms with Crippen molar-refractivity contribution >= 4 is 50.7 Å². The summed E-state index contributed by atoms with van der Waals surface area (Å²) in [4.78, 5) is 28.1. The molecule has 2 amide bonds. The fourth-order valence-corrected chi connectivity index (χ4v) is 5.59. The van der Waals surface area contributed by atoms with E-state index < -0.39 is 28.5 Å². The highest BCUT2D eigenvalue weighted by Gasteiger charge is 2.33. The van der Waals surface area contributed by atoms with Crippen molar-refractivity contribution in [2.75, 3.05) is 17.4 Å². The molecule has 0 fully saturated rings. The van der Waals surface area contributed by atoms with Crippen LogP contribution in [0.5, 0.6) is 0 Å². The molecule has 0 aliphatic heterocycles. The molecule has 10 heteroatoms. The minimum absolute atomic E-state index is 0.00376. The van der Waals surface area contributed by atoms with Crippen LogP contribution in [0.15, 0.2) is 77.7 Å². The number of carbonyl (C=O) groups is 2. The van der Waals surface area contributed by atoms with Gasteiger partial charge in [0.25, 0.3) is 10.0 Å². The van der Waals surface area contributed by atoms with Gasteiger partial charge in [-0.15, -0.1) is 0 Å². The van der Waals surface area contributed by atoms with Gasteiger partial charge in [0.1, 0.15) is 12.6 Å². The van der Waals surface area contributed by atoms with Gasteiger partial charge in [-0.2, -0.15) is 0 Å². The monoisotopic (exact) mass is 575 g/mol. The molecule has 1 N–H and O–H groups in total. The number of anilines is 1. The molecule has 0 unspecified atom stereocenters. The summed E-state index contributed by atoms with van der Waals surface area (Å²) in [6, 6.07) is 18.8. The Kier molecular flexibility index (Phi) is 10.2. The highest BCUT2D eigenvalue weighted by Crippen LogP contribution is 2.28. The van der Waals surface area contributed by atoms with Gasteiger partial charge in [0, 0.05) is 23.1 Å². The first kappa shape index (κ1) is 29.5. The fraction of sp³-hybridized carbons (Fsp3) is 0.286. The largest absolute Gasteiger partial charge is 0.354 e. The van der Waals surface area contributed by atoms with Gasteiger partial charge >= 0.3 is 0 Å². The summed E-state index contributed by atoms with van der Waals surface area (Å²) in [6.07, 6.45) is 0.740. The highest BCUT2D eigenvalue weighted by molar-refractivity contribution is 7.92. The molecule has 38 heavy (non-hydrogen) atoms. The standard InChI is InChI=1S/C28H31Cl2N3O4S/c1-4-17-31-28(35)21(3)32(18-22-9-11-23(29)12-10-22)27(34)19-33(26-8-6-5-7-20(26)2)38(36,37)25-15-13-24(30)14-16-25/h5-16,21H,4,17-19H2,1-3H3,(H,31,35)/t21-/m1/s1. The second-order valence-corrected chi connectivity index (χ2v) is 11.6. The highest BCUT2D eigenvalue weighted by atomic mass is 35.5. The van der Waals surface area contributed by atoms with Crippen molar-refractivity contribution < 1.29 is 18.0 Å². The molecule has 0 radical (unpaired) electrons. The number of nitrogens with one attached hydrogen (secondary N) is 1. The fourth-order valence-electron chi connectivity index (χ4n) is 3.86. The molecule has 7 nitrogen and oxygen atoms in total. The number of amides is 2. The van der Waals surface area contributed by atoms with Crippen molar-refractivity contribution in [2.24, 2.45) is 0 Å². The second-order valence-electron chi connectivity index (χ2n) is 8.87. The van der Waals surface area contributed by atoms with Crippen molar-refractivity contribution in [3.05, 3.63) is 94.0 Å². The van der Waals surface area contributed by atoms with E-state index in [2.05, 4.69) is 5.32 Å². The predicted octanol–water partition coefficient (Wildman–Crippen LogP) is 5.44. The lowest BCUT2D eigenvalue weighted by Gasteiger charge is -2.32. The summed E-state index contributed by atoms with van der Waals surface area (Å²) in [5, 5.41) is 3.75. The molecule has 202 valence electrons. The third-order valence-corrected chi connectivity index (χ3v) is 8.33. The summed E-state index contributed by atoms with van der Waals surface area (Å²) in [6.45, 7) is 5.39. The van der Waals surface area contributed by atoms with E-state index in [9.17, 15) is 18.0 Å². The molecule has 0 aliphatic carbocycles. The summed E-state index contributed by atoms with van der Waals surface area (Å²) in [7, 11) is -4.15. The Morgan fingerprint density at radius 3 is 2.08 bits per heavy atom. The van der Waals surface area contributed by atoms with Crippen LogP contribution in [0.2, 0.25) is 10.0 Å². The van der Waals surface area contributed by atoms with Gasteiger partial charge in [-0.3, -0.25) is 13.9 Å². The molecule has 0 bridgehead atoms. The number of aryl methyl sites for hydroxylation is 1. The van der Waals surface area contributed by atoms with Crippen LogP contribution in [0.4, 0.5) is 5.69 Å². The normalized spacial score (nSPS) is 12.0. The SMILES string of the molecule is CCCNC(=O)[C@@H](C)N(Cc1ccc(Cl)cc1)C(=O)CN(c1ccccc1C)S(=O)(=O)c1ccc(Cl)cc1. The van der Waals surface area contributed by atoms with Gasteiger partial charge in [0.2, 0.25) is 11.8 Å². The first-order valence-electron chi connectivity index (χ1n) is 12.2. The van der Waals surface area contributed by atoms with Crippen LogP contribution in [0.1, 0.15) is 31.4 Å². The van der Waals surface area contributed by atoms with Gasteiger partial charge in [0.05, 0.1) is 10.6 Å². The van der Waals surface area contributed by atoms with Crippen LogP contribution < -0.4 is 9.62 Å². The van der Waals surface area contributed by atoms with Crippen LogP contribution in [0.3, 0.4) is 0 Å². The Labute approximate surface area is 234 Å². The maximum Gasteiger partial charge on any atom is 0.264 e. The van der Waals surface area contributed by atoms with E-state index in [4.69, 9.17) is 23.2 Å². The van der Waals surface area contributed by atoms with E-state index in [0.29, 0.717) is 27.8 Å². The summed E-state index contributed by atoms with van der Waals surface area (Å²) >= 11 is 12.0. The first-order chi connectivity index (χ1) is 18.0. The molecule has 3 rings (SSSR count). The van der Waals surface area contributed by atoms with Gasteiger partial charge in [-0.05, 0) is 73.9 Å². The first-order valence-corrected chi connectivity index (χ1v) is 14.4. The molecule has 3 aromatic carbocycles. The number of nitrogens with zero attached hydrogens (tertiary/aromatic N) is 2. The molecule has 3 aromatic rings. The number of para-hydroxylation sites is 1. The zero-order chi connectivity index (χ0) is 27.9. The number of carbonyl (C=O) groups excluding carboxylic acids is 2. The smallest absolute Gasteiger partial charge is 0.264 e. The molecular formula is C28H31Cl2N3O4S. The molecule has 0 aromatic heterocycles. The molecule has 0 aliphatic rings. The van der Waals surface area contributed by atoms with Crippen LogP contribution >= 0.6 is 23.2 Å². The van der Waals surface area contributed by atoms with Crippen molar-refractivity contribution in [3.8, 4) is 0 Å². The van der Waals surface area contributed by atoms with E-state index in [0.717, 1.165) is 16.3 Å². The average molecular weight is 577 g/mol. The van der Waals surface area contributed by atoms with E-state index in [1.807, 2.05) is 6.92 Å². The Morgan fingerprint density at radius 2 is 1.50 bits per heavy atom. The van der Waals surface area contributed by atoms with Gasteiger partial charge in [-0.25, -0.2) is 8.42 Å². The van der Waals surface area contributed by atoms with Gasteiger partial charge in [-0.1, -0.05) is 60.5 Å². The molecular weight excluding hydrogens is 545 g/mol. The molecule has 0 spiro atoms. The summed E-state index contributed by atoms with van der Waals surface area (Å²) in [5.41, 5.74) is 1.79. The summed E-state index contributed by atoms with van der Waals surface area (Å²) < 4.78 is 28.7. The average Bonchev–Trinajstić information content (AvgIpc) is 2.90. The predicted molar refractivity (Wildman–Crippen MR) is 152 cm³/mol. The van der Waals surface area contributed by atoms with Crippen LogP contribution in [-0.4, -0.2) is 44.3 Å².